The molecule has 0 N–H and O–H groups in total. The number of nitrogens with zero attached hydrogens (tertiary/aromatic N) is 2. The number of aromatic nitrogens is 2. The maximum absolute atomic E-state index is 12.7. The first-order valence-electron chi connectivity index (χ1n) is 7.40. The van der Waals surface area contributed by atoms with Crippen LogP contribution in [0.15, 0.2) is 47.4 Å². The SMILES string of the molecule is Cc1ccc(-n2nc(C)cc2OS(=O)(=O)c2cc(Cl)c(Cl)cc2Cl)cc1. The Hall–Kier alpha value is -1.73. The van der Waals surface area contributed by atoms with Gasteiger partial charge in [0, 0.05) is 6.07 Å². The van der Waals surface area contributed by atoms with Crippen molar-refractivity contribution in [2.24, 2.45) is 0 Å². The minimum absolute atomic E-state index is 0.0356. The third kappa shape index (κ3) is 3.83. The van der Waals surface area contributed by atoms with E-state index >= 15 is 0 Å². The lowest BCUT2D eigenvalue weighted by atomic mass is 10.2. The minimum Gasteiger partial charge on any atom is -0.358 e. The summed E-state index contributed by atoms with van der Waals surface area (Å²) in [4.78, 5) is -0.275. The highest BCUT2D eigenvalue weighted by atomic mass is 35.5. The van der Waals surface area contributed by atoms with Gasteiger partial charge in [-0.25, -0.2) is 0 Å². The Kier molecular flexibility index (Phi) is 5.21. The summed E-state index contributed by atoms with van der Waals surface area (Å²) in [5, 5.41) is 4.41. The van der Waals surface area contributed by atoms with Crippen LogP contribution in [0.3, 0.4) is 0 Å². The molecular weight excluding hydrogens is 419 g/mol. The molecule has 2 aromatic carbocycles. The van der Waals surface area contributed by atoms with Crippen LogP contribution in [0.25, 0.3) is 5.69 Å². The van der Waals surface area contributed by atoms with E-state index in [9.17, 15) is 8.42 Å². The molecule has 0 aliphatic rings. The van der Waals surface area contributed by atoms with E-state index in [0.717, 1.165) is 11.6 Å². The van der Waals surface area contributed by atoms with E-state index in [4.69, 9.17) is 39.0 Å². The topological polar surface area (TPSA) is 61.2 Å². The van der Waals surface area contributed by atoms with Gasteiger partial charge in [-0.3, -0.25) is 0 Å². The number of rotatable bonds is 4. The van der Waals surface area contributed by atoms with Crippen LogP contribution < -0.4 is 4.18 Å². The first-order valence-corrected chi connectivity index (χ1v) is 9.94. The van der Waals surface area contributed by atoms with Crippen LogP contribution in [0, 0.1) is 13.8 Å². The third-order valence-electron chi connectivity index (χ3n) is 3.52. The molecular formula is C17H13Cl3N2O3S. The molecule has 136 valence electrons. The zero-order valence-electron chi connectivity index (χ0n) is 13.7. The van der Waals surface area contributed by atoms with Crippen LogP contribution in [-0.4, -0.2) is 18.2 Å². The molecule has 3 aromatic rings. The largest absolute Gasteiger partial charge is 0.358 e. The lowest BCUT2D eigenvalue weighted by Crippen LogP contribution is -2.13. The highest BCUT2D eigenvalue weighted by Gasteiger charge is 2.24. The van der Waals surface area contributed by atoms with Gasteiger partial charge in [-0.1, -0.05) is 52.5 Å². The summed E-state index contributed by atoms with van der Waals surface area (Å²) in [6, 6.07) is 11.3. The van der Waals surface area contributed by atoms with E-state index < -0.39 is 10.1 Å². The highest BCUT2D eigenvalue weighted by Crippen LogP contribution is 2.33. The van der Waals surface area contributed by atoms with Crippen molar-refractivity contribution in [1.29, 1.82) is 0 Å². The highest BCUT2D eigenvalue weighted by molar-refractivity contribution is 7.87. The Balaban J connectivity index is 2.04. The van der Waals surface area contributed by atoms with Gasteiger partial charge in [0.25, 0.3) is 0 Å². The monoisotopic (exact) mass is 430 g/mol. The molecule has 0 amide bonds. The van der Waals surface area contributed by atoms with Gasteiger partial charge in [0.15, 0.2) is 0 Å². The van der Waals surface area contributed by atoms with Gasteiger partial charge in [0.05, 0.1) is 26.4 Å². The van der Waals surface area contributed by atoms with Gasteiger partial charge < -0.3 is 4.18 Å². The van der Waals surface area contributed by atoms with E-state index in [1.165, 1.54) is 16.8 Å². The Morgan fingerprint density at radius 2 is 1.54 bits per heavy atom. The summed E-state index contributed by atoms with van der Waals surface area (Å²) >= 11 is 17.8. The predicted molar refractivity (Wildman–Crippen MR) is 102 cm³/mol. The average Bonchev–Trinajstić information content (AvgIpc) is 2.91. The second-order valence-electron chi connectivity index (χ2n) is 5.61. The quantitative estimate of drug-likeness (QED) is 0.420. The molecule has 0 radical (unpaired) electrons. The third-order valence-corrected chi connectivity index (χ3v) is 5.93. The smallest absolute Gasteiger partial charge is 0.342 e. The number of hydrogen-bond acceptors (Lipinski definition) is 4. The molecule has 9 heteroatoms. The molecule has 0 unspecified atom stereocenters. The molecule has 0 fully saturated rings. The molecule has 5 nitrogen and oxygen atoms in total. The molecule has 0 atom stereocenters. The molecule has 0 bridgehead atoms. The summed E-state index contributed by atoms with van der Waals surface area (Å²) in [5.74, 6) is 0.0356. The standard InChI is InChI=1S/C17H13Cl3N2O3S/c1-10-3-5-12(6-4-10)22-17(7-11(2)21-22)25-26(23,24)16-9-14(19)13(18)8-15(16)20/h3-9H,1-2H3. The summed E-state index contributed by atoms with van der Waals surface area (Å²) < 4.78 is 32.1. The van der Waals surface area contributed by atoms with Gasteiger partial charge in [0.1, 0.15) is 4.90 Å². The van der Waals surface area contributed by atoms with Crippen molar-refractivity contribution < 1.29 is 12.6 Å². The average molecular weight is 432 g/mol. The van der Waals surface area contributed by atoms with Gasteiger partial charge in [-0.15, -0.1) is 0 Å². The van der Waals surface area contributed by atoms with Crippen LogP contribution in [0.5, 0.6) is 5.88 Å². The van der Waals surface area contributed by atoms with Crippen LogP contribution in [0.1, 0.15) is 11.3 Å². The zero-order valence-corrected chi connectivity index (χ0v) is 16.8. The van der Waals surface area contributed by atoms with Crippen molar-refractivity contribution >= 4 is 44.9 Å². The summed E-state index contributed by atoms with van der Waals surface area (Å²) in [7, 11) is -4.24. The zero-order chi connectivity index (χ0) is 19.1. The number of aryl methyl sites for hydroxylation is 2. The van der Waals surface area contributed by atoms with Crippen molar-refractivity contribution in [3.05, 3.63) is 68.8 Å². The van der Waals surface area contributed by atoms with E-state index in [1.54, 1.807) is 6.92 Å². The number of benzene rings is 2. The molecule has 1 aromatic heterocycles. The maximum Gasteiger partial charge on any atom is 0.342 e. The molecule has 0 aliphatic carbocycles. The first-order chi connectivity index (χ1) is 12.2. The molecule has 0 saturated heterocycles. The van der Waals surface area contributed by atoms with Crippen molar-refractivity contribution in [1.82, 2.24) is 9.78 Å². The Morgan fingerprint density at radius 1 is 0.923 bits per heavy atom. The molecule has 1 heterocycles. The van der Waals surface area contributed by atoms with Gasteiger partial charge >= 0.3 is 10.1 Å². The summed E-state index contributed by atoms with van der Waals surface area (Å²) in [6.45, 7) is 3.68. The second-order valence-corrected chi connectivity index (χ2v) is 8.34. The van der Waals surface area contributed by atoms with Crippen molar-refractivity contribution in [3.8, 4) is 11.6 Å². The van der Waals surface area contributed by atoms with Crippen LogP contribution in [-0.2, 0) is 10.1 Å². The van der Waals surface area contributed by atoms with Crippen molar-refractivity contribution in [2.45, 2.75) is 18.7 Å². The predicted octanol–water partition coefficient (Wildman–Crippen LogP) is 5.22. The molecule has 0 saturated carbocycles. The summed E-state index contributed by atoms with van der Waals surface area (Å²) in [5.41, 5.74) is 2.32. The lowest BCUT2D eigenvalue weighted by Gasteiger charge is -2.11. The van der Waals surface area contributed by atoms with E-state index in [0.29, 0.717) is 11.4 Å². The van der Waals surface area contributed by atoms with Crippen molar-refractivity contribution in [2.75, 3.05) is 0 Å². The molecule has 3 rings (SSSR count). The van der Waals surface area contributed by atoms with Gasteiger partial charge in [0.2, 0.25) is 5.88 Å². The van der Waals surface area contributed by atoms with E-state index in [1.807, 2.05) is 31.2 Å². The molecule has 26 heavy (non-hydrogen) atoms. The first kappa shape index (κ1) is 19.0. The Morgan fingerprint density at radius 3 is 2.19 bits per heavy atom. The normalized spacial score (nSPS) is 11.6. The van der Waals surface area contributed by atoms with Crippen molar-refractivity contribution in [3.63, 3.8) is 0 Å². The van der Waals surface area contributed by atoms with Gasteiger partial charge in [-0.05, 0) is 38.1 Å². The second kappa shape index (κ2) is 7.12. The Labute approximate surface area is 166 Å². The van der Waals surface area contributed by atoms with Gasteiger partial charge in [-0.2, -0.15) is 18.2 Å². The fourth-order valence-electron chi connectivity index (χ4n) is 2.26. The number of hydrogen-bond donors (Lipinski definition) is 0. The van der Waals surface area contributed by atoms with E-state index in [2.05, 4.69) is 5.10 Å². The Bertz CT molecular complexity index is 1080. The fraction of sp³-hybridized carbons (Fsp3) is 0.118. The molecule has 0 spiro atoms. The van der Waals surface area contributed by atoms with Crippen LogP contribution >= 0.6 is 34.8 Å². The van der Waals surface area contributed by atoms with Crippen LogP contribution in [0.4, 0.5) is 0 Å². The maximum atomic E-state index is 12.7. The lowest BCUT2D eigenvalue weighted by molar-refractivity contribution is 0.465. The minimum atomic E-state index is -4.24. The van der Waals surface area contributed by atoms with E-state index in [-0.39, 0.29) is 25.8 Å². The molecule has 0 aliphatic heterocycles. The van der Waals surface area contributed by atoms with Crippen LogP contribution in [0.2, 0.25) is 15.1 Å². The fourth-order valence-corrected chi connectivity index (χ4v) is 4.15. The summed E-state index contributed by atoms with van der Waals surface area (Å²) in [6.07, 6.45) is 0. The number of halogens is 3.